The predicted molar refractivity (Wildman–Crippen MR) is 136 cm³/mol. The van der Waals surface area contributed by atoms with Crippen molar-refractivity contribution in [2.24, 2.45) is 7.05 Å². The number of carbonyl (C=O) groups excluding carboxylic acids is 1. The van der Waals surface area contributed by atoms with Gasteiger partial charge in [0.25, 0.3) is 5.91 Å². The zero-order chi connectivity index (χ0) is 23.9. The van der Waals surface area contributed by atoms with Crippen molar-refractivity contribution in [3.8, 4) is 22.5 Å². The van der Waals surface area contributed by atoms with E-state index < -0.39 is 0 Å². The molecule has 3 N–H and O–H groups in total. The third kappa shape index (κ3) is 3.92. The number of amides is 1. The van der Waals surface area contributed by atoms with Crippen LogP contribution in [0, 0.1) is 0 Å². The van der Waals surface area contributed by atoms with Crippen LogP contribution in [0.25, 0.3) is 33.7 Å². The topological polar surface area (TPSA) is 109 Å². The van der Waals surface area contributed by atoms with Crippen molar-refractivity contribution in [1.82, 2.24) is 24.7 Å². The van der Waals surface area contributed by atoms with E-state index in [9.17, 15) is 9.90 Å². The van der Waals surface area contributed by atoms with Gasteiger partial charge in [0.05, 0.1) is 28.8 Å². The van der Waals surface area contributed by atoms with Crippen molar-refractivity contribution in [3.63, 3.8) is 0 Å². The average Bonchev–Trinajstić information content (AvgIpc) is 3.61. The molecule has 0 unspecified atom stereocenters. The van der Waals surface area contributed by atoms with Crippen LogP contribution in [0.3, 0.4) is 0 Å². The number of H-pyrrole nitrogens is 1. The third-order valence-corrected chi connectivity index (χ3v) is 7.70. The number of imidazole rings is 1. The molecule has 0 spiro atoms. The van der Waals surface area contributed by atoms with Gasteiger partial charge in [0, 0.05) is 41.1 Å². The van der Waals surface area contributed by atoms with E-state index in [1.807, 2.05) is 43.6 Å². The van der Waals surface area contributed by atoms with Crippen LogP contribution < -0.4 is 5.32 Å². The first-order chi connectivity index (χ1) is 17.1. The van der Waals surface area contributed by atoms with Gasteiger partial charge in [-0.1, -0.05) is 12.1 Å². The number of aromatic nitrogens is 5. The molecule has 9 heteroatoms. The molecule has 0 fully saturated rings. The van der Waals surface area contributed by atoms with E-state index in [0.29, 0.717) is 27.6 Å². The fourth-order valence-corrected chi connectivity index (χ4v) is 5.88. The van der Waals surface area contributed by atoms with Gasteiger partial charge >= 0.3 is 0 Å². The fourth-order valence-electron chi connectivity index (χ4n) is 4.73. The lowest BCUT2D eigenvalue weighted by Crippen LogP contribution is -2.12. The van der Waals surface area contributed by atoms with E-state index in [1.165, 1.54) is 23.3 Å². The Balaban J connectivity index is 1.37. The van der Waals surface area contributed by atoms with Gasteiger partial charge in [-0.25, -0.2) is 9.97 Å². The summed E-state index contributed by atoms with van der Waals surface area (Å²) in [7, 11) is 1.86. The smallest absolute Gasteiger partial charge is 0.265 e. The summed E-state index contributed by atoms with van der Waals surface area (Å²) in [6.07, 6.45) is 9.78. The van der Waals surface area contributed by atoms with Gasteiger partial charge in [0.15, 0.2) is 5.65 Å². The van der Waals surface area contributed by atoms with E-state index >= 15 is 0 Å². The number of nitrogens with one attached hydrogen (secondary N) is 2. The van der Waals surface area contributed by atoms with E-state index in [0.717, 1.165) is 35.0 Å². The van der Waals surface area contributed by atoms with Crippen LogP contribution in [0.4, 0.5) is 5.69 Å². The number of pyridine rings is 1. The molecule has 0 atom stereocenters. The molecule has 4 aromatic heterocycles. The third-order valence-electron chi connectivity index (χ3n) is 6.46. The molecule has 4 heterocycles. The Bertz CT molecular complexity index is 1540. The standard InChI is InChI=1S/C26H24N6O2S/c1-32-13-16(12-28-32)24-30-23-18(9-10-27-25(23)31-24)17-6-4-7-20(19(17)14-33)29-26(34)22-11-15-5-2-3-8-21(15)35-22/h4,6-7,9-13,33H,2-3,5,8,14H2,1H3,(H,29,34)(H,27,30,31). The molecule has 5 aromatic rings. The van der Waals surface area contributed by atoms with Crippen LogP contribution in [-0.4, -0.2) is 35.7 Å². The lowest BCUT2D eigenvalue weighted by Gasteiger charge is -2.14. The summed E-state index contributed by atoms with van der Waals surface area (Å²) in [6.45, 7) is -0.222. The molecular formula is C26H24N6O2S. The first-order valence-electron chi connectivity index (χ1n) is 11.6. The zero-order valence-corrected chi connectivity index (χ0v) is 20.0. The van der Waals surface area contributed by atoms with E-state index in [4.69, 9.17) is 0 Å². The SMILES string of the molecule is Cn1cc(-c2nc3nccc(-c4cccc(NC(=O)c5cc6c(s5)CCCC6)c4CO)c3[nH]2)cn1. The quantitative estimate of drug-likeness (QED) is 0.335. The highest BCUT2D eigenvalue weighted by atomic mass is 32.1. The summed E-state index contributed by atoms with van der Waals surface area (Å²) >= 11 is 1.58. The summed E-state index contributed by atoms with van der Waals surface area (Å²) in [5.41, 5.74) is 6.39. The molecule has 8 nitrogen and oxygen atoms in total. The maximum absolute atomic E-state index is 13.1. The van der Waals surface area contributed by atoms with E-state index in [-0.39, 0.29) is 12.5 Å². The first kappa shape index (κ1) is 21.7. The summed E-state index contributed by atoms with van der Waals surface area (Å²) in [5.74, 6) is 0.529. The predicted octanol–water partition coefficient (Wildman–Crippen LogP) is 4.71. The summed E-state index contributed by atoms with van der Waals surface area (Å²) in [5, 5.41) is 17.6. The van der Waals surface area contributed by atoms with Crippen molar-refractivity contribution in [3.05, 3.63) is 69.8 Å². The Labute approximate surface area is 205 Å². The highest BCUT2D eigenvalue weighted by Gasteiger charge is 2.20. The fraction of sp³-hybridized carbons (Fsp3) is 0.231. The number of rotatable bonds is 5. The molecule has 1 aliphatic carbocycles. The van der Waals surface area contributed by atoms with Crippen LogP contribution in [0.15, 0.2) is 48.9 Å². The summed E-state index contributed by atoms with van der Waals surface area (Å²) in [4.78, 5) is 27.6. The Morgan fingerprint density at radius 1 is 1.23 bits per heavy atom. The second-order valence-electron chi connectivity index (χ2n) is 8.76. The minimum absolute atomic E-state index is 0.142. The number of benzene rings is 1. The number of aromatic amines is 1. The molecule has 1 aromatic carbocycles. The zero-order valence-electron chi connectivity index (χ0n) is 19.2. The van der Waals surface area contributed by atoms with E-state index in [2.05, 4.69) is 25.4 Å². The van der Waals surface area contributed by atoms with Gasteiger partial charge in [0.2, 0.25) is 0 Å². The monoisotopic (exact) mass is 484 g/mol. The molecule has 1 amide bonds. The second kappa shape index (κ2) is 8.75. The lowest BCUT2D eigenvalue weighted by atomic mass is 9.98. The number of fused-ring (bicyclic) bond motifs is 2. The van der Waals surface area contributed by atoms with Gasteiger partial charge in [0.1, 0.15) is 5.82 Å². The average molecular weight is 485 g/mol. The van der Waals surface area contributed by atoms with Gasteiger partial charge in [-0.15, -0.1) is 11.3 Å². The number of thiophene rings is 1. The van der Waals surface area contributed by atoms with Gasteiger partial charge < -0.3 is 15.4 Å². The van der Waals surface area contributed by atoms with E-state index in [1.54, 1.807) is 28.4 Å². The Morgan fingerprint density at radius 3 is 2.91 bits per heavy atom. The molecule has 0 saturated carbocycles. The number of aliphatic hydroxyl groups is 1. The number of nitrogens with zero attached hydrogens (tertiary/aromatic N) is 4. The minimum atomic E-state index is -0.222. The molecule has 0 aliphatic heterocycles. The number of aliphatic hydroxyl groups excluding tert-OH is 1. The second-order valence-corrected chi connectivity index (χ2v) is 9.89. The number of aryl methyl sites for hydroxylation is 3. The highest BCUT2D eigenvalue weighted by Crippen LogP contribution is 2.35. The van der Waals surface area contributed by atoms with Crippen molar-refractivity contribution in [1.29, 1.82) is 0 Å². The molecular weight excluding hydrogens is 460 g/mol. The summed E-state index contributed by atoms with van der Waals surface area (Å²) in [6, 6.07) is 9.56. The van der Waals surface area contributed by atoms with Gasteiger partial charge in [-0.3, -0.25) is 9.48 Å². The van der Waals surface area contributed by atoms with Crippen LogP contribution in [0.2, 0.25) is 0 Å². The molecule has 0 radical (unpaired) electrons. The van der Waals surface area contributed by atoms with Crippen molar-refractivity contribution >= 4 is 34.1 Å². The number of anilines is 1. The molecule has 6 rings (SSSR count). The van der Waals surface area contributed by atoms with Crippen LogP contribution in [0.5, 0.6) is 0 Å². The lowest BCUT2D eigenvalue weighted by molar-refractivity contribution is 0.103. The van der Waals surface area contributed by atoms with Gasteiger partial charge in [-0.05, 0) is 55.0 Å². The maximum Gasteiger partial charge on any atom is 0.265 e. The number of hydrogen-bond acceptors (Lipinski definition) is 6. The Kier molecular flexibility index (Phi) is 5.43. The molecule has 176 valence electrons. The van der Waals surface area contributed by atoms with Crippen LogP contribution in [0.1, 0.15) is 38.5 Å². The van der Waals surface area contributed by atoms with Crippen molar-refractivity contribution in [2.45, 2.75) is 32.3 Å². The Hall–Kier alpha value is -3.82. The van der Waals surface area contributed by atoms with Crippen molar-refractivity contribution in [2.75, 3.05) is 5.32 Å². The van der Waals surface area contributed by atoms with Crippen LogP contribution >= 0.6 is 11.3 Å². The largest absolute Gasteiger partial charge is 0.392 e. The molecule has 0 bridgehead atoms. The number of carbonyl (C=O) groups is 1. The summed E-state index contributed by atoms with van der Waals surface area (Å²) < 4.78 is 1.72. The maximum atomic E-state index is 13.1. The Morgan fingerprint density at radius 2 is 2.11 bits per heavy atom. The first-order valence-corrected chi connectivity index (χ1v) is 12.4. The van der Waals surface area contributed by atoms with Crippen molar-refractivity contribution < 1.29 is 9.90 Å². The molecule has 0 saturated heterocycles. The molecule has 1 aliphatic rings. The highest BCUT2D eigenvalue weighted by molar-refractivity contribution is 7.14. The number of hydrogen-bond donors (Lipinski definition) is 3. The van der Waals surface area contributed by atoms with Crippen LogP contribution in [-0.2, 0) is 26.5 Å². The molecule has 35 heavy (non-hydrogen) atoms. The van der Waals surface area contributed by atoms with Gasteiger partial charge in [-0.2, -0.15) is 5.10 Å². The normalized spacial score (nSPS) is 13.2. The minimum Gasteiger partial charge on any atom is -0.392 e.